The molecule has 0 aliphatic carbocycles. The fourth-order valence-electron chi connectivity index (χ4n) is 1.61. The van der Waals surface area contributed by atoms with Gasteiger partial charge in [-0.15, -0.1) is 0 Å². The van der Waals surface area contributed by atoms with Crippen molar-refractivity contribution in [2.24, 2.45) is 4.99 Å². The Bertz CT molecular complexity index is 491. The first kappa shape index (κ1) is 11.4. The number of para-hydroxylation sites is 1. The van der Waals surface area contributed by atoms with Crippen LogP contribution in [0.2, 0.25) is 0 Å². The molecule has 0 aromatic heterocycles. The maximum atomic E-state index is 5.26. The Kier molecular flexibility index (Phi) is 3.92. The highest BCUT2D eigenvalue weighted by Gasteiger charge is 1.96. The smallest absolute Gasteiger partial charge is 0.127 e. The monoisotopic (exact) mass is 225 g/mol. The minimum atomic E-state index is 0.693. The van der Waals surface area contributed by atoms with Crippen LogP contribution in [0.1, 0.15) is 11.1 Å². The Labute approximate surface area is 102 Å². The van der Waals surface area contributed by atoms with E-state index in [0.717, 1.165) is 11.3 Å². The largest absolute Gasteiger partial charge is 0.496 e. The van der Waals surface area contributed by atoms with E-state index in [-0.39, 0.29) is 0 Å². The minimum absolute atomic E-state index is 0.693. The molecule has 0 N–H and O–H groups in total. The number of methoxy groups -OCH3 is 1. The van der Waals surface area contributed by atoms with E-state index in [0.29, 0.717) is 6.54 Å². The van der Waals surface area contributed by atoms with Gasteiger partial charge in [0.2, 0.25) is 0 Å². The van der Waals surface area contributed by atoms with Gasteiger partial charge in [-0.05, 0) is 17.7 Å². The first-order valence-corrected chi connectivity index (χ1v) is 5.57. The highest BCUT2D eigenvalue weighted by Crippen LogP contribution is 2.14. The zero-order valence-corrected chi connectivity index (χ0v) is 9.84. The van der Waals surface area contributed by atoms with Gasteiger partial charge in [0.15, 0.2) is 0 Å². The Balaban J connectivity index is 2.06. The van der Waals surface area contributed by atoms with Gasteiger partial charge in [0.05, 0.1) is 13.7 Å². The molecule has 0 bridgehead atoms. The molecule has 2 rings (SSSR count). The molecule has 0 amide bonds. The summed E-state index contributed by atoms with van der Waals surface area (Å²) in [4.78, 5) is 4.42. The average molecular weight is 225 g/mol. The molecule has 0 aliphatic heterocycles. The summed E-state index contributed by atoms with van der Waals surface area (Å²) < 4.78 is 5.26. The lowest BCUT2D eigenvalue weighted by atomic mass is 10.2. The third-order valence-electron chi connectivity index (χ3n) is 2.49. The Morgan fingerprint density at radius 1 is 1.00 bits per heavy atom. The maximum absolute atomic E-state index is 5.26. The summed E-state index contributed by atoms with van der Waals surface area (Å²) in [7, 11) is 1.67. The number of benzene rings is 2. The van der Waals surface area contributed by atoms with E-state index in [1.165, 1.54) is 5.56 Å². The van der Waals surface area contributed by atoms with Crippen molar-refractivity contribution in [1.82, 2.24) is 0 Å². The number of ether oxygens (including phenoxy) is 1. The second-order valence-electron chi connectivity index (χ2n) is 3.70. The molecular formula is C15H15NO. The van der Waals surface area contributed by atoms with Crippen LogP contribution in [0.25, 0.3) is 0 Å². The van der Waals surface area contributed by atoms with E-state index in [1.807, 2.05) is 48.7 Å². The molecule has 86 valence electrons. The van der Waals surface area contributed by atoms with Gasteiger partial charge < -0.3 is 4.74 Å². The van der Waals surface area contributed by atoms with Crippen molar-refractivity contribution in [2.45, 2.75) is 6.54 Å². The lowest BCUT2D eigenvalue weighted by Gasteiger charge is -2.02. The van der Waals surface area contributed by atoms with E-state index in [4.69, 9.17) is 4.74 Å². The molecule has 0 heterocycles. The molecular weight excluding hydrogens is 210 g/mol. The van der Waals surface area contributed by atoms with Crippen molar-refractivity contribution in [3.63, 3.8) is 0 Å². The van der Waals surface area contributed by atoms with E-state index in [1.54, 1.807) is 7.11 Å². The molecule has 0 spiro atoms. The summed E-state index contributed by atoms with van der Waals surface area (Å²) in [6, 6.07) is 18.0. The number of hydrogen-bond donors (Lipinski definition) is 0. The molecule has 2 nitrogen and oxygen atoms in total. The Morgan fingerprint density at radius 3 is 2.47 bits per heavy atom. The van der Waals surface area contributed by atoms with E-state index < -0.39 is 0 Å². The molecule has 0 atom stereocenters. The van der Waals surface area contributed by atoms with Crippen molar-refractivity contribution < 1.29 is 4.74 Å². The van der Waals surface area contributed by atoms with Crippen LogP contribution in [0.5, 0.6) is 5.75 Å². The van der Waals surface area contributed by atoms with Gasteiger partial charge in [0.25, 0.3) is 0 Å². The fraction of sp³-hybridized carbons (Fsp3) is 0.133. The molecule has 0 saturated heterocycles. The van der Waals surface area contributed by atoms with Gasteiger partial charge in [-0.2, -0.15) is 0 Å². The number of hydrogen-bond acceptors (Lipinski definition) is 2. The molecule has 0 unspecified atom stereocenters. The van der Waals surface area contributed by atoms with Gasteiger partial charge in [-0.25, -0.2) is 0 Å². The molecule has 0 fully saturated rings. The highest BCUT2D eigenvalue weighted by molar-refractivity contribution is 5.83. The third-order valence-corrected chi connectivity index (χ3v) is 2.49. The quantitative estimate of drug-likeness (QED) is 0.731. The molecule has 2 aromatic carbocycles. The maximum Gasteiger partial charge on any atom is 0.127 e. The van der Waals surface area contributed by atoms with Crippen LogP contribution >= 0.6 is 0 Å². The number of rotatable bonds is 4. The summed E-state index contributed by atoms with van der Waals surface area (Å²) in [5.41, 5.74) is 2.21. The predicted octanol–water partition coefficient (Wildman–Crippen LogP) is 3.31. The van der Waals surface area contributed by atoms with Gasteiger partial charge in [-0.1, -0.05) is 42.5 Å². The summed E-state index contributed by atoms with van der Waals surface area (Å²) in [5.74, 6) is 0.851. The van der Waals surface area contributed by atoms with Gasteiger partial charge in [0, 0.05) is 11.8 Å². The SMILES string of the molecule is COc1ccccc1/C=N/Cc1ccccc1. The average Bonchev–Trinajstić information content (AvgIpc) is 2.40. The summed E-state index contributed by atoms with van der Waals surface area (Å²) in [6.07, 6.45) is 1.85. The van der Waals surface area contributed by atoms with Crippen LogP contribution in [0.15, 0.2) is 59.6 Å². The third kappa shape index (κ3) is 3.18. The van der Waals surface area contributed by atoms with Crippen LogP contribution in [0, 0.1) is 0 Å². The van der Waals surface area contributed by atoms with Crippen LogP contribution in [-0.2, 0) is 6.54 Å². The number of aliphatic imine (C=N–C) groups is 1. The molecule has 2 aromatic rings. The molecule has 2 heteroatoms. The van der Waals surface area contributed by atoms with Crippen molar-refractivity contribution in [2.75, 3.05) is 7.11 Å². The Hall–Kier alpha value is -2.09. The summed E-state index contributed by atoms with van der Waals surface area (Å²) >= 11 is 0. The second-order valence-corrected chi connectivity index (χ2v) is 3.70. The van der Waals surface area contributed by atoms with E-state index in [2.05, 4.69) is 17.1 Å². The molecule has 17 heavy (non-hydrogen) atoms. The number of nitrogens with zero attached hydrogens (tertiary/aromatic N) is 1. The van der Waals surface area contributed by atoms with Crippen molar-refractivity contribution in [3.8, 4) is 5.75 Å². The van der Waals surface area contributed by atoms with Gasteiger partial charge in [0.1, 0.15) is 5.75 Å². The van der Waals surface area contributed by atoms with E-state index in [9.17, 15) is 0 Å². The normalized spacial score (nSPS) is 10.6. The molecule has 0 saturated carbocycles. The zero-order valence-electron chi connectivity index (χ0n) is 9.84. The second kappa shape index (κ2) is 5.85. The Morgan fingerprint density at radius 2 is 1.71 bits per heavy atom. The summed E-state index contributed by atoms with van der Waals surface area (Å²) in [5, 5.41) is 0. The standard InChI is InChI=1S/C15H15NO/c1-17-15-10-6-5-9-14(15)12-16-11-13-7-3-2-4-8-13/h2-10,12H,11H2,1H3/b16-12+. The fourth-order valence-corrected chi connectivity index (χ4v) is 1.61. The molecule has 0 aliphatic rings. The zero-order chi connectivity index (χ0) is 11.9. The van der Waals surface area contributed by atoms with Crippen LogP contribution in [-0.4, -0.2) is 13.3 Å². The van der Waals surface area contributed by atoms with Gasteiger partial charge >= 0.3 is 0 Å². The lowest BCUT2D eigenvalue weighted by Crippen LogP contribution is -1.90. The minimum Gasteiger partial charge on any atom is -0.496 e. The lowest BCUT2D eigenvalue weighted by molar-refractivity contribution is 0.414. The summed E-state index contributed by atoms with van der Waals surface area (Å²) in [6.45, 7) is 0.693. The van der Waals surface area contributed by atoms with Crippen molar-refractivity contribution in [3.05, 3.63) is 65.7 Å². The molecule has 0 radical (unpaired) electrons. The predicted molar refractivity (Wildman–Crippen MR) is 70.7 cm³/mol. The first-order chi connectivity index (χ1) is 8.40. The van der Waals surface area contributed by atoms with Crippen LogP contribution in [0.3, 0.4) is 0 Å². The van der Waals surface area contributed by atoms with E-state index >= 15 is 0 Å². The first-order valence-electron chi connectivity index (χ1n) is 5.57. The topological polar surface area (TPSA) is 21.6 Å². The van der Waals surface area contributed by atoms with Crippen LogP contribution < -0.4 is 4.74 Å². The van der Waals surface area contributed by atoms with Crippen molar-refractivity contribution in [1.29, 1.82) is 0 Å². The van der Waals surface area contributed by atoms with Crippen molar-refractivity contribution >= 4 is 6.21 Å². The van der Waals surface area contributed by atoms with Crippen LogP contribution in [0.4, 0.5) is 0 Å². The highest BCUT2D eigenvalue weighted by atomic mass is 16.5. The van der Waals surface area contributed by atoms with Gasteiger partial charge in [-0.3, -0.25) is 4.99 Å².